The van der Waals surface area contributed by atoms with Crippen molar-refractivity contribution in [3.05, 3.63) is 5.82 Å². The quantitative estimate of drug-likeness (QED) is 0.722. The van der Waals surface area contributed by atoms with Crippen LogP contribution in [-0.4, -0.2) is 26.8 Å². The Morgan fingerprint density at radius 3 is 2.71 bits per heavy atom. The van der Waals surface area contributed by atoms with Crippen LogP contribution in [0.3, 0.4) is 0 Å². The summed E-state index contributed by atoms with van der Waals surface area (Å²) in [5.74, 6) is 0.831. The number of hydrogen-bond donors (Lipinski definition) is 1. The van der Waals surface area contributed by atoms with Crippen molar-refractivity contribution in [1.29, 1.82) is 0 Å². The van der Waals surface area contributed by atoms with Crippen LogP contribution in [-0.2, 0) is 5.54 Å². The monoisotopic (exact) mass is 195 g/mol. The zero-order chi connectivity index (χ0) is 10.2. The molecule has 0 amide bonds. The van der Waals surface area contributed by atoms with E-state index < -0.39 is 0 Å². The lowest BCUT2D eigenvalue weighted by Gasteiger charge is -2.15. The van der Waals surface area contributed by atoms with Crippen LogP contribution in [0, 0.1) is 0 Å². The highest BCUT2D eigenvalue weighted by atomic mass is 15.6. The number of nitrogens with zero attached hydrogens (tertiary/aromatic N) is 4. The lowest BCUT2D eigenvalue weighted by molar-refractivity contribution is 0.304. The van der Waals surface area contributed by atoms with Crippen LogP contribution in [0.4, 0.5) is 0 Å². The van der Waals surface area contributed by atoms with E-state index in [0.29, 0.717) is 6.04 Å². The molecule has 0 spiro atoms. The van der Waals surface area contributed by atoms with Crippen LogP contribution >= 0.6 is 0 Å². The van der Waals surface area contributed by atoms with E-state index >= 15 is 0 Å². The molecule has 5 nitrogen and oxygen atoms in total. The van der Waals surface area contributed by atoms with Crippen LogP contribution < -0.4 is 5.32 Å². The number of hydrogen-bond acceptors (Lipinski definition) is 4. The van der Waals surface area contributed by atoms with Crippen molar-refractivity contribution in [2.24, 2.45) is 0 Å². The minimum absolute atomic E-state index is 0.0795. The first-order chi connectivity index (χ1) is 6.57. The molecule has 2 rings (SSSR count). The molecule has 1 aromatic heterocycles. The molecular weight excluding hydrogens is 178 g/mol. The SMILES string of the molecule is CC(C)(C)n1nnc([C@H]2CCCN2)n1. The van der Waals surface area contributed by atoms with Crippen molar-refractivity contribution in [1.82, 2.24) is 25.5 Å². The van der Waals surface area contributed by atoms with E-state index in [0.717, 1.165) is 18.8 Å². The molecular formula is C9H17N5. The van der Waals surface area contributed by atoms with Crippen molar-refractivity contribution in [2.75, 3.05) is 6.54 Å². The van der Waals surface area contributed by atoms with E-state index in [1.165, 1.54) is 6.42 Å². The van der Waals surface area contributed by atoms with Gasteiger partial charge in [0.1, 0.15) is 0 Å². The fourth-order valence-electron chi connectivity index (χ4n) is 1.55. The van der Waals surface area contributed by atoms with Gasteiger partial charge in [-0.15, -0.1) is 10.2 Å². The highest BCUT2D eigenvalue weighted by molar-refractivity contribution is 4.93. The molecule has 1 aliphatic heterocycles. The van der Waals surface area contributed by atoms with E-state index in [2.05, 4.69) is 41.5 Å². The van der Waals surface area contributed by atoms with Gasteiger partial charge in [0.05, 0.1) is 11.6 Å². The van der Waals surface area contributed by atoms with Gasteiger partial charge in [-0.3, -0.25) is 0 Å². The van der Waals surface area contributed by atoms with Crippen LogP contribution in [0.1, 0.15) is 45.5 Å². The van der Waals surface area contributed by atoms with E-state index in [-0.39, 0.29) is 5.54 Å². The number of tetrazole rings is 1. The largest absolute Gasteiger partial charge is 0.307 e. The maximum atomic E-state index is 4.40. The van der Waals surface area contributed by atoms with Gasteiger partial charge >= 0.3 is 0 Å². The van der Waals surface area contributed by atoms with Crippen LogP contribution in [0.5, 0.6) is 0 Å². The third kappa shape index (κ3) is 1.77. The summed E-state index contributed by atoms with van der Waals surface area (Å²) in [4.78, 5) is 1.68. The summed E-state index contributed by atoms with van der Waals surface area (Å²) in [5.41, 5.74) is -0.0795. The normalized spacial score (nSPS) is 22.9. The van der Waals surface area contributed by atoms with Crippen molar-refractivity contribution in [3.8, 4) is 0 Å². The van der Waals surface area contributed by atoms with E-state index in [4.69, 9.17) is 0 Å². The summed E-state index contributed by atoms with van der Waals surface area (Å²) >= 11 is 0. The van der Waals surface area contributed by atoms with Gasteiger partial charge in [-0.05, 0) is 45.4 Å². The van der Waals surface area contributed by atoms with Gasteiger partial charge in [-0.2, -0.15) is 4.80 Å². The minimum atomic E-state index is -0.0795. The summed E-state index contributed by atoms with van der Waals surface area (Å²) in [6.45, 7) is 7.27. The Morgan fingerprint density at radius 1 is 1.43 bits per heavy atom. The molecule has 1 aliphatic rings. The lowest BCUT2D eigenvalue weighted by Crippen LogP contribution is -2.25. The first-order valence-electron chi connectivity index (χ1n) is 5.11. The van der Waals surface area contributed by atoms with E-state index in [1.807, 2.05) is 0 Å². The molecule has 1 atom stereocenters. The lowest BCUT2D eigenvalue weighted by atomic mass is 10.1. The number of aromatic nitrogens is 4. The predicted octanol–water partition coefficient (Wildman–Crippen LogP) is 0.853. The molecule has 2 heterocycles. The van der Waals surface area contributed by atoms with Crippen LogP contribution in [0.2, 0.25) is 0 Å². The molecule has 1 N–H and O–H groups in total. The fraction of sp³-hybridized carbons (Fsp3) is 0.889. The second kappa shape index (κ2) is 3.31. The summed E-state index contributed by atoms with van der Waals surface area (Å²) < 4.78 is 0. The zero-order valence-corrected chi connectivity index (χ0v) is 8.99. The van der Waals surface area contributed by atoms with E-state index in [1.54, 1.807) is 4.80 Å². The van der Waals surface area contributed by atoms with Gasteiger partial charge in [-0.25, -0.2) is 0 Å². The Kier molecular flexibility index (Phi) is 2.26. The van der Waals surface area contributed by atoms with Gasteiger partial charge in [0, 0.05) is 0 Å². The summed E-state index contributed by atoms with van der Waals surface area (Å²) in [7, 11) is 0. The van der Waals surface area contributed by atoms with Crippen LogP contribution in [0.25, 0.3) is 0 Å². The van der Waals surface area contributed by atoms with Crippen LogP contribution in [0.15, 0.2) is 0 Å². The summed E-state index contributed by atoms with van der Waals surface area (Å²) in [6, 6.07) is 0.311. The molecule has 14 heavy (non-hydrogen) atoms. The minimum Gasteiger partial charge on any atom is -0.307 e. The van der Waals surface area contributed by atoms with Crippen molar-refractivity contribution in [3.63, 3.8) is 0 Å². The van der Waals surface area contributed by atoms with Gasteiger partial charge in [0.2, 0.25) is 0 Å². The Morgan fingerprint density at radius 2 is 2.21 bits per heavy atom. The number of rotatable bonds is 1. The van der Waals surface area contributed by atoms with Crippen molar-refractivity contribution >= 4 is 0 Å². The maximum absolute atomic E-state index is 4.40. The summed E-state index contributed by atoms with van der Waals surface area (Å²) in [6.07, 6.45) is 2.32. The average molecular weight is 195 g/mol. The molecule has 1 saturated heterocycles. The summed E-state index contributed by atoms with van der Waals surface area (Å²) in [5, 5.41) is 15.9. The predicted molar refractivity (Wildman–Crippen MR) is 52.8 cm³/mol. The maximum Gasteiger partial charge on any atom is 0.191 e. The molecule has 1 fully saturated rings. The molecule has 5 heteroatoms. The Bertz CT molecular complexity index is 305. The van der Waals surface area contributed by atoms with Crippen molar-refractivity contribution in [2.45, 2.75) is 45.2 Å². The van der Waals surface area contributed by atoms with Crippen molar-refractivity contribution < 1.29 is 0 Å². The topological polar surface area (TPSA) is 55.6 Å². The highest BCUT2D eigenvalue weighted by Crippen LogP contribution is 2.19. The molecule has 78 valence electrons. The first-order valence-corrected chi connectivity index (χ1v) is 5.11. The molecule has 0 radical (unpaired) electrons. The Hall–Kier alpha value is -0.970. The fourth-order valence-corrected chi connectivity index (χ4v) is 1.55. The Balaban J connectivity index is 2.17. The molecule has 0 saturated carbocycles. The molecule has 1 aromatic rings. The van der Waals surface area contributed by atoms with Gasteiger partial charge in [0.15, 0.2) is 5.82 Å². The highest BCUT2D eigenvalue weighted by Gasteiger charge is 2.23. The molecule has 0 aliphatic carbocycles. The van der Waals surface area contributed by atoms with Gasteiger partial charge < -0.3 is 5.32 Å². The second-order valence-corrected chi connectivity index (χ2v) is 4.76. The zero-order valence-electron chi connectivity index (χ0n) is 8.99. The Labute approximate surface area is 83.9 Å². The third-order valence-electron chi connectivity index (χ3n) is 2.40. The molecule has 0 bridgehead atoms. The first kappa shape index (κ1) is 9.58. The molecule has 0 aromatic carbocycles. The third-order valence-corrected chi connectivity index (χ3v) is 2.40. The number of nitrogens with one attached hydrogen (secondary N) is 1. The average Bonchev–Trinajstić information content (AvgIpc) is 2.73. The second-order valence-electron chi connectivity index (χ2n) is 4.76. The molecule has 0 unspecified atom stereocenters. The smallest absolute Gasteiger partial charge is 0.191 e. The van der Waals surface area contributed by atoms with E-state index in [9.17, 15) is 0 Å². The van der Waals surface area contributed by atoms with Gasteiger partial charge in [-0.1, -0.05) is 0 Å². The standard InChI is InChI=1S/C9H17N5/c1-9(2,3)14-12-8(11-13-14)7-5-4-6-10-7/h7,10H,4-6H2,1-3H3/t7-/m1/s1. The van der Waals surface area contributed by atoms with Gasteiger partial charge in [0.25, 0.3) is 0 Å².